The Hall–Kier alpha value is -1.11. The maximum atomic E-state index is 11.4. The predicted molar refractivity (Wildman–Crippen MR) is 60.2 cm³/mol. The van der Waals surface area contributed by atoms with Gasteiger partial charge in [0, 0.05) is 0 Å². The molecular formula is C11H20O6. The SMILES string of the molecule is C=COCCOCCOC(=O)C(C)(CO)CO. The molecule has 6 heteroatoms. The van der Waals surface area contributed by atoms with E-state index < -0.39 is 24.6 Å². The molecule has 100 valence electrons. The second-order valence-electron chi connectivity index (χ2n) is 3.66. The average Bonchev–Trinajstić information content (AvgIpc) is 2.36. The van der Waals surface area contributed by atoms with Gasteiger partial charge in [0.2, 0.25) is 0 Å². The largest absolute Gasteiger partial charge is 0.499 e. The van der Waals surface area contributed by atoms with Crippen molar-refractivity contribution in [2.45, 2.75) is 6.92 Å². The lowest BCUT2D eigenvalue weighted by Gasteiger charge is -2.22. The lowest BCUT2D eigenvalue weighted by Crippen LogP contribution is -2.37. The van der Waals surface area contributed by atoms with Crippen LogP contribution in [0.15, 0.2) is 12.8 Å². The molecular weight excluding hydrogens is 228 g/mol. The molecule has 0 aliphatic rings. The van der Waals surface area contributed by atoms with Crippen molar-refractivity contribution >= 4 is 5.97 Å². The minimum Gasteiger partial charge on any atom is -0.499 e. The highest BCUT2D eigenvalue weighted by Crippen LogP contribution is 2.16. The van der Waals surface area contributed by atoms with Crippen molar-refractivity contribution < 1.29 is 29.2 Å². The van der Waals surface area contributed by atoms with Gasteiger partial charge in [-0.3, -0.25) is 4.79 Å². The number of aliphatic hydroxyl groups is 2. The predicted octanol–water partition coefficient (Wildman–Crippen LogP) is -0.303. The van der Waals surface area contributed by atoms with Crippen LogP contribution in [0.1, 0.15) is 6.92 Å². The van der Waals surface area contributed by atoms with Gasteiger partial charge in [0.25, 0.3) is 0 Å². The van der Waals surface area contributed by atoms with E-state index in [0.717, 1.165) is 0 Å². The molecule has 0 amide bonds. The Labute approximate surface area is 101 Å². The first-order chi connectivity index (χ1) is 8.10. The second kappa shape index (κ2) is 8.98. The molecule has 0 atom stereocenters. The quantitative estimate of drug-likeness (QED) is 0.313. The number of aliphatic hydroxyl groups excluding tert-OH is 2. The minimum absolute atomic E-state index is 0.0719. The highest BCUT2D eigenvalue weighted by Gasteiger charge is 2.33. The summed E-state index contributed by atoms with van der Waals surface area (Å²) in [5.74, 6) is -0.645. The normalized spacial score (nSPS) is 11.0. The van der Waals surface area contributed by atoms with Gasteiger partial charge in [-0.05, 0) is 6.92 Å². The highest BCUT2D eigenvalue weighted by molar-refractivity contribution is 5.76. The lowest BCUT2D eigenvalue weighted by atomic mass is 9.93. The first-order valence-electron chi connectivity index (χ1n) is 5.30. The van der Waals surface area contributed by atoms with Crippen LogP contribution in [0.3, 0.4) is 0 Å². The van der Waals surface area contributed by atoms with Gasteiger partial charge in [-0.1, -0.05) is 6.58 Å². The van der Waals surface area contributed by atoms with Gasteiger partial charge in [-0.15, -0.1) is 0 Å². The van der Waals surface area contributed by atoms with Crippen molar-refractivity contribution in [3.8, 4) is 0 Å². The Morgan fingerprint density at radius 2 is 1.82 bits per heavy atom. The summed E-state index contributed by atoms with van der Waals surface area (Å²) in [7, 11) is 0. The number of carbonyl (C=O) groups is 1. The van der Waals surface area contributed by atoms with E-state index in [-0.39, 0.29) is 13.2 Å². The molecule has 0 aliphatic heterocycles. The summed E-state index contributed by atoms with van der Waals surface area (Å²) >= 11 is 0. The Morgan fingerprint density at radius 3 is 2.35 bits per heavy atom. The minimum atomic E-state index is -1.26. The van der Waals surface area contributed by atoms with Crippen LogP contribution < -0.4 is 0 Å². The van der Waals surface area contributed by atoms with Crippen LogP contribution in [0.4, 0.5) is 0 Å². The zero-order valence-electron chi connectivity index (χ0n) is 10.1. The third-order valence-corrected chi connectivity index (χ3v) is 2.11. The Morgan fingerprint density at radius 1 is 1.24 bits per heavy atom. The smallest absolute Gasteiger partial charge is 0.316 e. The molecule has 0 aliphatic carbocycles. The number of hydrogen-bond donors (Lipinski definition) is 2. The van der Waals surface area contributed by atoms with Crippen LogP contribution in [0.5, 0.6) is 0 Å². The zero-order valence-corrected chi connectivity index (χ0v) is 10.1. The van der Waals surface area contributed by atoms with Gasteiger partial charge in [0.1, 0.15) is 18.6 Å². The van der Waals surface area contributed by atoms with E-state index in [1.54, 1.807) is 0 Å². The van der Waals surface area contributed by atoms with E-state index in [2.05, 4.69) is 6.58 Å². The van der Waals surface area contributed by atoms with Crippen molar-refractivity contribution in [1.29, 1.82) is 0 Å². The molecule has 17 heavy (non-hydrogen) atoms. The topological polar surface area (TPSA) is 85.2 Å². The number of esters is 1. The molecule has 0 unspecified atom stereocenters. The van der Waals surface area contributed by atoms with E-state index in [1.165, 1.54) is 13.2 Å². The van der Waals surface area contributed by atoms with Gasteiger partial charge in [0.05, 0.1) is 32.7 Å². The van der Waals surface area contributed by atoms with Crippen LogP contribution in [0.25, 0.3) is 0 Å². The molecule has 0 saturated heterocycles. The monoisotopic (exact) mass is 248 g/mol. The molecule has 0 radical (unpaired) electrons. The van der Waals surface area contributed by atoms with Crippen molar-refractivity contribution in [2.24, 2.45) is 5.41 Å². The molecule has 0 spiro atoms. The van der Waals surface area contributed by atoms with Gasteiger partial charge in [0.15, 0.2) is 0 Å². The molecule has 0 aromatic carbocycles. The number of rotatable bonds is 10. The Balaban J connectivity index is 3.61. The molecule has 6 nitrogen and oxygen atoms in total. The second-order valence-corrected chi connectivity index (χ2v) is 3.66. The van der Waals surface area contributed by atoms with E-state index in [1.807, 2.05) is 0 Å². The zero-order chi connectivity index (χ0) is 13.1. The molecule has 0 rings (SSSR count). The molecule has 0 fully saturated rings. The van der Waals surface area contributed by atoms with Crippen LogP contribution >= 0.6 is 0 Å². The summed E-state index contributed by atoms with van der Waals surface area (Å²) in [6.45, 7) is 4.94. The summed E-state index contributed by atoms with van der Waals surface area (Å²) in [6.07, 6.45) is 1.32. The van der Waals surface area contributed by atoms with Gasteiger partial charge in [-0.25, -0.2) is 0 Å². The fraction of sp³-hybridized carbons (Fsp3) is 0.727. The summed E-state index contributed by atoms with van der Waals surface area (Å²) in [4.78, 5) is 11.4. The van der Waals surface area contributed by atoms with Crippen molar-refractivity contribution in [3.63, 3.8) is 0 Å². The van der Waals surface area contributed by atoms with Crippen molar-refractivity contribution in [2.75, 3.05) is 39.6 Å². The summed E-state index contributed by atoms with van der Waals surface area (Å²) in [5.41, 5.74) is -1.26. The van der Waals surface area contributed by atoms with Crippen LogP contribution in [0.2, 0.25) is 0 Å². The Bertz CT molecular complexity index is 224. The standard InChI is InChI=1S/C11H20O6/c1-3-15-4-5-16-6-7-17-10(14)11(2,8-12)9-13/h3,12-13H,1,4-9H2,2H3. The maximum Gasteiger partial charge on any atom is 0.316 e. The number of ether oxygens (including phenoxy) is 3. The lowest BCUT2D eigenvalue weighted by molar-refractivity contribution is -0.161. The molecule has 0 saturated carbocycles. The average molecular weight is 248 g/mol. The molecule has 0 bridgehead atoms. The van der Waals surface area contributed by atoms with Gasteiger partial charge < -0.3 is 24.4 Å². The maximum absolute atomic E-state index is 11.4. The highest BCUT2D eigenvalue weighted by atomic mass is 16.6. The fourth-order valence-electron chi connectivity index (χ4n) is 0.839. The summed E-state index contributed by atoms with van der Waals surface area (Å²) in [6, 6.07) is 0. The third kappa shape index (κ3) is 6.25. The van der Waals surface area contributed by atoms with Crippen LogP contribution in [-0.4, -0.2) is 55.8 Å². The number of hydrogen-bond acceptors (Lipinski definition) is 6. The van der Waals surface area contributed by atoms with Crippen molar-refractivity contribution in [3.05, 3.63) is 12.8 Å². The molecule has 0 aromatic rings. The molecule has 0 heterocycles. The van der Waals surface area contributed by atoms with Crippen LogP contribution in [0, 0.1) is 5.41 Å². The summed E-state index contributed by atoms with van der Waals surface area (Å²) < 4.78 is 14.8. The van der Waals surface area contributed by atoms with Crippen LogP contribution in [-0.2, 0) is 19.0 Å². The van der Waals surface area contributed by atoms with Crippen molar-refractivity contribution in [1.82, 2.24) is 0 Å². The molecule has 2 N–H and O–H groups in total. The third-order valence-electron chi connectivity index (χ3n) is 2.11. The number of carbonyl (C=O) groups excluding carboxylic acids is 1. The first kappa shape index (κ1) is 15.9. The van der Waals surface area contributed by atoms with Gasteiger partial charge >= 0.3 is 5.97 Å². The van der Waals surface area contributed by atoms with Gasteiger partial charge in [-0.2, -0.15) is 0 Å². The van der Waals surface area contributed by atoms with E-state index >= 15 is 0 Å². The van der Waals surface area contributed by atoms with E-state index in [4.69, 9.17) is 24.4 Å². The molecule has 0 aromatic heterocycles. The Kier molecular flexibility index (Phi) is 8.39. The summed E-state index contributed by atoms with van der Waals surface area (Å²) in [5, 5.41) is 17.9. The fourth-order valence-corrected chi connectivity index (χ4v) is 0.839. The first-order valence-corrected chi connectivity index (χ1v) is 5.30. The van der Waals surface area contributed by atoms with E-state index in [9.17, 15) is 4.79 Å². The van der Waals surface area contributed by atoms with E-state index in [0.29, 0.717) is 13.2 Å².